The van der Waals surface area contributed by atoms with Gasteiger partial charge < -0.3 is 33.3 Å². The SMILES string of the molecule is CC/C=C\C/C=C\C/C=C\C/C=C\CCC(=O)OC(COC(=O)CCCCCCC/C=C\C/C=C\CCC)COC(OCC[N+](C)(C)C)C(=O)[O-]. The highest BCUT2D eigenvalue weighted by atomic mass is 16.7. The van der Waals surface area contributed by atoms with Gasteiger partial charge in [-0.3, -0.25) is 9.59 Å². The maximum atomic E-state index is 12.6. The van der Waals surface area contributed by atoms with Crippen LogP contribution in [0.1, 0.15) is 117 Å². The lowest BCUT2D eigenvalue weighted by Gasteiger charge is -2.26. The molecule has 0 bridgehead atoms. The van der Waals surface area contributed by atoms with Gasteiger partial charge in [-0.25, -0.2) is 0 Å². The molecule has 2 atom stereocenters. The summed E-state index contributed by atoms with van der Waals surface area (Å²) in [5.41, 5.74) is 0. The topological polar surface area (TPSA) is 111 Å². The van der Waals surface area contributed by atoms with Gasteiger partial charge in [0.05, 0.1) is 40.3 Å². The van der Waals surface area contributed by atoms with Gasteiger partial charge in [-0.2, -0.15) is 0 Å². The quantitative estimate of drug-likeness (QED) is 0.0222. The van der Waals surface area contributed by atoms with Crippen LogP contribution in [0.25, 0.3) is 0 Å². The first-order chi connectivity index (χ1) is 24.6. The fraction of sp³-hybridized carbons (Fsp3) is 0.643. The Hall–Kier alpha value is -3.27. The maximum Gasteiger partial charge on any atom is 0.306 e. The average Bonchev–Trinajstić information content (AvgIpc) is 3.08. The number of unbranched alkanes of at least 4 members (excludes halogenated alkanes) is 6. The number of allylic oxidation sites excluding steroid dienone is 12. The Morgan fingerprint density at radius 1 is 0.608 bits per heavy atom. The van der Waals surface area contributed by atoms with Crippen molar-refractivity contribution in [2.24, 2.45) is 0 Å². The van der Waals surface area contributed by atoms with Crippen LogP contribution in [-0.2, 0) is 33.3 Å². The number of hydrogen-bond acceptors (Lipinski definition) is 8. The predicted molar refractivity (Wildman–Crippen MR) is 204 cm³/mol. The zero-order valence-corrected chi connectivity index (χ0v) is 32.4. The second-order valence-electron chi connectivity index (χ2n) is 13.5. The number of rotatable bonds is 33. The fourth-order valence-corrected chi connectivity index (χ4v) is 4.47. The molecular weight excluding hydrogens is 646 g/mol. The summed E-state index contributed by atoms with van der Waals surface area (Å²) in [6.45, 7) is 4.41. The van der Waals surface area contributed by atoms with Crippen LogP contribution >= 0.6 is 0 Å². The number of carboxylic acid groups (broad SMARTS) is 1. The molecule has 0 spiro atoms. The Morgan fingerprint density at radius 3 is 1.75 bits per heavy atom. The molecule has 0 saturated carbocycles. The van der Waals surface area contributed by atoms with Crippen LogP contribution in [-0.4, -0.2) is 82.3 Å². The standard InChI is InChI=1S/C42H69NO8/c1-6-8-10-12-14-16-18-20-22-24-26-28-30-32-39(44)49-36-38(37-50-42(41(46)47)48-35-34-43(3,4)5)51-40(45)33-31-29-27-25-23-21-19-17-15-13-11-9-7-2/h9-12,15-18,21,23,27,29,38,42H,6-8,13-14,19-20,22,24-26,28,30-37H2,1-5H3/b11-9-,12-10-,17-15-,18-16-,23-21-,29-27-. The van der Waals surface area contributed by atoms with Gasteiger partial charge in [-0.1, -0.05) is 112 Å². The van der Waals surface area contributed by atoms with Crippen molar-refractivity contribution in [3.8, 4) is 0 Å². The monoisotopic (exact) mass is 716 g/mol. The van der Waals surface area contributed by atoms with Crippen molar-refractivity contribution >= 4 is 17.9 Å². The molecule has 0 aromatic carbocycles. The second kappa shape index (κ2) is 33.9. The largest absolute Gasteiger partial charge is 0.545 e. The molecule has 290 valence electrons. The molecule has 0 rings (SSSR count). The Morgan fingerprint density at radius 2 is 1.16 bits per heavy atom. The number of esters is 2. The van der Waals surface area contributed by atoms with Gasteiger partial charge in [0.2, 0.25) is 0 Å². The number of likely N-dealkylation sites (N-methyl/N-ethyl adjacent to an activating group) is 1. The van der Waals surface area contributed by atoms with Gasteiger partial charge in [-0.15, -0.1) is 0 Å². The smallest absolute Gasteiger partial charge is 0.306 e. The highest BCUT2D eigenvalue weighted by molar-refractivity contribution is 5.70. The molecule has 0 amide bonds. The van der Waals surface area contributed by atoms with Crippen LogP contribution in [0.4, 0.5) is 0 Å². The number of nitrogens with zero attached hydrogens (tertiary/aromatic N) is 1. The van der Waals surface area contributed by atoms with Crippen molar-refractivity contribution in [2.45, 2.75) is 129 Å². The van der Waals surface area contributed by atoms with Crippen molar-refractivity contribution in [3.05, 3.63) is 72.9 Å². The minimum absolute atomic E-state index is 0.119. The minimum Gasteiger partial charge on any atom is -0.545 e. The summed E-state index contributed by atoms with van der Waals surface area (Å²) in [6.07, 6.45) is 36.7. The number of carboxylic acids is 1. The molecule has 0 aromatic rings. The van der Waals surface area contributed by atoms with E-state index >= 15 is 0 Å². The van der Waals surface area contributed by atoms with Gasteiger partial charge in [0.25, 0.3) is 0 Å². The zero-order valence-electron chi connectivity index (χ0n) is 32.4. The van der Waals surface area contributed by atoms with Crippen molar-refractivity contribution in [1.29, 1.82) is 0 Å². The van der Waals surface area contributed by atoms with Gasteiger partial charge in [-0.05, 0) is 64.2 Å². The lowest BCUT2D eigenvalue weighted by molar-refractivity contribution is -0.870. The molecule has 51 heavy (non-hydrogen) atoms. The lowest BCUT2D eigenvalue weighted by Crippen LogP contribution is -2.44. The van der Waals surface area contributed by atoms with Crippen LogP contribution in [0.2, 0.25) is 0 Å². The average molecular weight is 716 g/mol. The fourth-order valence-electron chi connectivity index (χ4n) is 4.47. The number of aliphatic carboxylic acids is 1. The van der Waals surface area contributed by atoms with Gasteiger partial charge in [0.1, 0.15) is 13.2 Å². The highest BCUT2D eigenvalue weighted by Gasteiger charge is 2.21. The van der Waals surface area contributed by atoms with E-state index in [4.69, 9.17) is 18.9 Å². The van der Waals surface area contributed by atoms with Crippen molar-refractivity contribution < 1.29 is 42.9 Å². The number of ether oxygens (including phenoxy) is 4. The molecule has 0 aromatic heterocycles. The van der Waals surface area contributed by atoms with Gasteiger partial charge in [0.15, 0.2) is 12.4 Å². The van der Waals surface area contributed by atoms with Gasteiger partial charge >= 0.3 is 11.9 Å². The predicted octanol–water partition coefficient (Wildman–Crippen LogP) is 7.88. The Labute approximate surface area is 309 Å². The van der Waals surface area contributed by atoms with E-state index in [9.17, 15) is 19.5 Å². The molecule has 0 aliphatic carbocycles. The summed E-state index contributed by atoms with van der Waals surface area (Å²) in [5, 5.41) is 11.6. The van der Waals surface area contributed by atoms with Crippen molar-refractivity contribution in [2.75, 3.05) is 47.5 Å². The highest BCUT2D eigenvalue weighted by Crippen LogP contribution is 2.10. The zero-order chi connectivity index (χ0) is 37.8. The van der Waals surface area contributed by atoms with E-state index in [2.05, 4.69) is 74.6 Å². The summed E-state index contributed by atoms with van der Waals surface area (Å²) in [6, 6.07) is 0. The van der Waals surface area contributed by atoms with Crippen LogP contribution in [0, 0.1) is 0 Å². The molecule has 0 aliphatic heterocycles. The molecule has 0 saturated heterocycles. The molecule has 0 fully saturated rings. The van der Waals surface area contributed by atoms with E-state index in [0.29, 0.717) is 23.9 Å². The Balaban J connectivity index is 4.69. The van der Waals surface area contributed by atoms with E-state index in [-0.39, 0.29) is 32.7 Å². The van der Waals surface area contributed by atoms with Crippen LogP contribution in [0.15, 0.2) is 72.9 Å². The van der Waals surface area contributed by atoms with Crippen LogP contribution in [0.3, 0.4) is 0 Å². The molecule has 9 heteroatoms. The summed E-state index contributed by atoms with van der Waals surface area (Å²) < 4.78 is 22.3. The molecule has 0 heterocycles. The Bertz CT molecular complexity index is 1070. The molecule has 0 radical (unpaired) electrons. The van der Waals surface area contributed by atoms with Crippen molar-refractivity contribution in [3.63, 3.8) is 0 Å². The van der Waals surface area contributed by atoms with E-state index in [1.807, 2.05) is 33.3 Å². The minimum atomic E-state index is -1.64. The number of hydrogen-bond donors (Lipinski definition) is 0. The van der Waals surface area contributed by atoms with Crippen LogP contribution < -0.4 is 5.11 Å². The third-order valence-electron chi connectivity index (χ3n) is 7.43. The first-order valence-corrected chi connectivity index (χ1v) is 19.1. The summed E-state index contributed by atoms with van der Waals surface area (Å²) >= 11 is 0. The molecule has 0 N–H and O–H groups in total. The maximum absolute atomic E-state index is 12.6. The normalized spacial score (nSPS) is 13.8. The van der Waals surface area contributed by atoms with E-state index in [0.717, 1.165) is 70.6 Å². The summed E-state index contributed by atoms with van der Waals surface area (Å²) in [7, 11) is 5.86. The van der Waals surface area contributed by atoms with Crippen LogP contribution in [0.5, 0.6) is 0 Å². The third kappa shape index (κ3) is 34.9. The van der Waals surface area contributed by atoms with E-state index in [1.54, 1.807) is 0 Å². The van der Waals surface area contributed by atoms with Crippen molar-refractivity contribution in [1.82, 2.24) is 0 Å². The first-order valence-electron chi connectivity index (χ1n) is 19.1. The lowest BCUT2D eigenvalue weighted by atomic mass is 10.1. The molecule has 0 aliphatic rings. The molecular formula is C42H69NO8. The third-order valence-corrected chi connectivity index (χ3v) is 7.43. The summed E-state index contributed by atoms with van der Waals surface area (Å²) in [4.78, 5) is 36.7. The second-order valence-corrected chi connectivity index (χ2v) is 13.5. The first kappa shape index (κ1) is 47.7. The summed E-state index contributed by atoms with van der Waals surface area (Å²) in [5.74, 6) is -2.43. The molecule has 2 unspecified atom stereocenters. The Kier molecular flexibility index (Phi) is 31.7. The van der Waals surface area contributed by atoms with E-state index < -0.39 is 30.3 Å². The van der Waals surface area contributed by atoms with E-state index in [1.165, 1.54) is 6.42 Å². The molecule has 9 nitrogen and oxygen atoms in total. The number of carbonyl (C=O) groups excluding carboxylic acids is 3. The number of carbonyl (C=O) groups is 3. The van der Waals surface area contributed by atoms with Gasteiger partial charge in [0, 0.05) is 12.8 Å². The number of quaternary nitrogens is 1.